The molecule has 1 atom stereocenters. The lowest BCUT2D eigenvalue weighted by Gasteiger charge is -2.20. The Labute approximate surface area is 108 Å². The maximum absolute atomic E-state index is 10.8. The molecule has 0 aliphatic carbocycles. The molecule has 1 unspecified atom stereocenters. The zero-order valence-electron chi connectivity index (χ0n) is 10.2. The number of anilines is 1. The summed E-state index contributed by atoms with van der Waals surface area (Å²) in [5.74, 6) is -2.66. The SMILES string of the molecule is CCc1nnc(N(CC(=O)O)CC(C)C(=O)O)s1. The van der Waals surface area contributed by atoms with E-state index in [-0.39, 0.29) is 13.1 Å². The first kappa shape index (κ1) is 14.4. The van der Waals surface area contributed by atoms with Crippen molar-refractivity contribution in [1.29, 1.82) is 0 Å². The van der Waals surface area contributed by atoms with Gasteiger partial charge in [-0.3, -0.25) is 9.59 Å². The van der Waals surface area contributed by atoms with E-state index in [9.17, 15) is 9.59 Å². The van der Waals surface area contributed by atoms with Crippen LogP contribution in [0.2, 0.25) is 0 Å². The molecular weight excluding hydrogens is 258 g/mol. The van der Waals surface area contributed by atoms with E-state index in [1.54, 1.807) is 0 Å². The Morgan fingerprint density at radius 1 is 1.39 bits per heavy atom. The van der Waals surface area contributed by atoms with Crippen LogP contribution in [0.4, 0.5) is 5.13 Å². The number of nitrogens with zero attached hydrogens (tertiary/aromatic N) is 3. The van der Waals surface area contributed by atoms with E-state index in [4.69, 9.17) is 10.2 Å². The van der Waals surface area contributed by atoms with Gasteiger partial charge in [-0.1, -0.05) is 25.2 Å². The van der Waals surface area contributed by atoms with Crippen molar-refractivity contribution in [2.45, 2.75) is 20.3 Å². The highest BCUT2D eigenvalue weighted by atomic mass is 32.1. The third kappa shape index (κ3) is 3.95. The zero-order chi connectivity index (χ0) is 13.7. The first-order chi connectivity index (χ1) is 8.43. The molecule has 18 heavy (non-hydrogen) atoms. The topological polar surface area (TPSA) is 104 Å². The van der Waals surface area contributed by atoms with Gasteiger partial charge in [0, 0.05) is 6.54 Å². The Morgan fingerprint density at radius 2 is 2.06 bits per heavy atom. The molecule has 0 amide bonds. The quantitative estimate of drug-likeness (QED) is 0.754. The van der Waals surface area contributed by atoms with E-state index in [0.29, 0.717) is 11.6 Å². The van der Waals surface area contributed by atoms with Crippen molar-refractivity contribution >= 4 is 28.4 Å². The number of aliphatic carboxylic acids is 2. The summed E-state index contributed by atoms with van der Waals surface area (Å²) in [6.07, 6.45) is 0.715. The van der Waals surface area contributed by atoms with Gasteiger partial charge in [0.25, 0.3) is 0 Å². The molecule has 0 saturated heterocycles. The van der Waals surface area contributed by atoms with Crippen LogP contribution in [0.3, 0.4) is 0 Å². The van der Waals surface area contributed by atoms with E-state index in [1.807, 2.05) is 6.92 Å². The highest BCUT2D eigenvalue weighted by molar-refractivity contribution is 7.15. The largest absolute Gasteiger partial charge is 0.481 e. The van der Waals surface area contributed by atoms with Crippen molar-refractivity contribution in [3.8, 4) is 0 Å². The molecule has 0 radical (unpaired) electrons. The molecule has 1 aromatic heterocycles. The van der Waals surface area contributed by atoms with Gasteiger partial charge in [0.05, 0.1) is 5.92 Å². The molecular formula is C10H15N3O4S. The van der Waals surface area contributed by atoms with Crippen LogP contribution in [0.25, 0.3) is 0 Å². The fourth-order valence-electron chi connectivity index (χ4n) is 1.30. The van der Waals surface area contributed by atoms with Gasteiger partial charge in [0.1, 0.15) is 11.6 Å². The number of carboxylic acids is 2. The minimum atomic E-state index is -1.03. The monoisotopic (exact) mass is 273 g/mol. The predicted molar refractivity (Wildman–Crippen MR) is 65.9 cm³/mol. The van der Waals surface area contributed by atoms with Crippen molar-refractivity contribution in [2.24, 2.45) is 5.92 Å². The van der Waals surface area contributed by atoms with Crippen LogP contribution < -0.4 is 4.90 Å². The third-order valence-electron chi connectivity index (χ3n) is 2.27. The predicted octanol–water partition coefficient (Wildman–Crippen LogP) is 0.712. The van der Waals surface area contributed by atoms with Gasteiger partial charge in [-0.05, 0) is 6.42 Å². The van der Waals surface area contributed by atoms with Gasteiger partial charge in [-0.25, -0.2) is 0 Å². The normalized spacial score (nSPS) is 12.1. The number of hydrogen-bond donors (Lipinski definition) is 2. The lowest BCUT2D eigenvalue weighted by Crippen LogP contribution is -2.35. The lowest BCUT2D eigenvalue weighted by atomic mass is 10.2. The second-order valence-corrected chi connectivity index (χ2v) is 4.89. The Morgan fingerprint density at radius 3 is 2.50 bits per heavy atom. The highest BCUT2D eigenvalue weighted by Gasteiger charge is 2.21. The van der Waals surface area contributed by atoms with Gasteiger partial charge in [-0.2, -0.15) is 0 Å². The van der Waals surface area contributed by atoms with Crippen LogP contribution >= 0.6 is 11.3 Å². The minimum Gasteiger partial charge on any atom is -0.481 e. The van der Waals surface area contributed by atoms with Gasteiger partial charge in [0.15, 0.2) is 0 Å². The van der Waals surface area contributed by atoms with E-state index in [0.717, 1.165) is 5.01 Å². The summed E-state index contributed by atoms with van der Waals surface area (Å²) in [6.45, 7) is 3.26. The molecule has 100 valence electrons. The molecule has 0 aliphatic heterocycles. The molecule has 1 heterocycles. The van der Waals surface area contributed by atoms with Crippen LogP contribution in [-0.4, -0.2) is 45.4 Å². The summed E-state index contributed by atoms with van der Waals surface area (Å²) in [5.41, 5.74) is 0. The van der Waals surface area contributed by atoms with Crippen molar-refractivity contribution < 1.29 is 19.8 Å². The third-order valence-corrected chi connectivity index (χ3v) is 3.40. The van der Waals surface area contributed by atoms with Crippen molar-refractivity contribution in [3.63, 3.8) is 0 Å². The number of carboxylic acid groups (broad SMARTS) is 2. The smallest absolute Gasteiger partial charge is 0.323 e. The molecule has 7 nitrogen and oxygen atoms in total. The number of carbonyl (C=O) groups is 2. The maximum Gasteiger partial charge on any atom is 0.323 e. The number of hydrogen-bond acceptors (Lipinski definition) is 6. The van der Waals surface area contributed by atoms with Gasteiger partial charge in [-0.15, -0.1) is 10.2 Å². The molecule has 0 aliphatic rings. The van der Waals surface area contributed by atoms with Crippen LogP contribution in [0.5, 0.6) is 0 Å². The van der Waals surface area contributed by atoms with Crippen LogP contribution in [0, 0.1) is 5.92 Å². The molecule has 1 rings (SSSR count). The summed E-state index contributed by atoms with van der Waals surface area (Å²) < 4.78 is 0. The fraction of sp³-hybridized carbons (Fsp3) is 0.600. The molecule has 0 aromatic carbocycles. The molecule has 0 saturated carbocycles. The van der Waals surface area contributed by atoms with Crippen LogP contribution in [-0.2, 0) is 16.0 Å². The lowest BCUT2D eigenvalue weighted by molar-refractivity contribution is -0.141. The summed E-state index contributed by atoms with van der Waals surface area (Å²) in [4.78, 5) is 23.0. The number of rotatable bonds is 7. The van der Waals surface area contributed by atoms with E-state index in [2.05, 4.69) is 10.2 Å². The molecule has 0 bridgehead atoms. The van der Waals surface area contributed by atoms with E-state index < -0.39 is 17.9 Å². The summed E-state index contributed by atoms with van der Waals surface area (Å²) in [6, 6.07) is 0. The Hall–Kier alpha value is -1.70. The average Bonchev–Trinajstić information content (AvgIpc) is 2.75. The Balaban J connectivity index is 2.83. The van der Waals surface area contributed by atoms with Crippen LogP contribution in [0.15, 0.2) is 0 Å². The molecule has 0 fully saturated rings. The van der Waals surface area contributed by atoms with Crippen molar-refractivity contribution in [2.75, 3.05) is 18.0 Å². The van der Waals surface area contributed by atoms with E-state index >= 15 is 0 Å². The first-order valence-corrected chi connectivity index (χ1v) is 6.27. The molecule has 2 N–H and O–H groups in total. The zero-order valence-corrected chi connectivity index (χ0v) is 11.0. The highest BCUT2D eigenvalue weighted by Crippen LogP contribution is 2.21. The number of aryl methyl sites for hydroxylation is 1. The van der Waals surface area contributed by atoms with Crippen molar-refractivity contribution in [3.05, 3.63) is 5.01 Å². The summed E-state index contributed by atoms with van der Waals surface area (Å²) in [5, 5.41) is 26.7. The number of aromatic nitrogens is 2. The van der Waals surface area contributed by atoms with E-state index in [1.165, 1.54) is 23.2 Å². The summed E-state index contributed by atoms with van der Waals surface area (Å²) in [7, 11) is 0. The molecule has 0 spiro atoms. The first-order valence-electron chi connectivity index (χ1n) is 5.46. The molecule has 8 heteroatoms. The molecule has 1 aromatic rings. The average molecular weight is 273 g/mol. The van der Waals surface area contributed by atoms with Crippen molar-refractivity contribution in [1.82, 2.24) is 10.2 Å². The fourth-order valence-corrected chi connectivity index (χ4v) is 2.08. The van der Waals surface area contributed by atoms with Gasteiger partial charge in [0.2, 0.25) is 5.13 Å². The second kappa shape index (κ2) is 6.29. The minimum absolute atomic E-state index is 0.0972. The van der Waals surface area contributed by atoms with Gasteiger partial charge >= 0.3 is 11.9 Å². The standard InChI is InChI=1S/C10H15N3O4S/c1-3-7-11-12-10(18-7)13(5-8(14)15)4-6(2)9(16)17/h6H,3-5H2,1-2H3,(H,14,15)(H,16,17). The van der Waals surface area contributed by atoms with Gasteiger partial charge < -0.3 is 15.1 Å². The van der Waals surface area contributed by atoms with Crippen LogP contribution in [0.1, 0.15) is 18.9 Å². The second-order valence-electron chi connectivity index (χ2n) is 3.85. The Bertz CT molecular complexity index is 435. The Kier molecular flexibility index (Phi) is 5.02. The summed E-state index contributed by atoms with van der Waals surface area (Å²) >= 11 is 1.28. The maximum atomic E-state index is 10.8.